The van der Waals surface area contributed by atoms with Crippen LogP contribution in [0.15, 0.2) is 0 Å². The Morgan fingerprint density at radius 1 is 0.830 bits per heavy atom. The maximum atomic E-state index is 14.3. The molecule has 266 valence electrons. The number of methoxy groups -OCH3 is 1. The van der Waals surface area contributed by atoms with Crippen LogP contribution in [0.25, 0.3) is 0 Å². The molecular formula is C33H56N6O8. The minimum Gasteiger partial charge on any atom is -0.453 e. The van der Waals surface area contributed by atoms with E-state index >= 15 is 0 Å². The zero-order valence-corrected chi connectivity index (χ0v) is 29.9. The Morgan fingerprint density at radius 2 is 1.38 bits per heavy atom. The summed E-state index contributed by atoms with van der Waals surface area (Å²) in [5.41, 5.74) is -1.60. The average molecular weight is 665 g/mol. The van der Waals surface area contributed by atoms with E-state index in [1.54, 1.807) is 41.5 Å². The molecular weight excluding hydrogens is 608 g/mol. The van der Waals surface area contributed by atoms with Crippen molar-refractivity contribution in [2.24, 2.45) is 22.7 Å². The number of ether oxygens (including phenoxy) is 1. The number of ketones is 1. The number of rotatable bonds is 13. The van der Waals surface area contributed by atoms with Crippen LogP contribution >= 0.6 is 0 Å². The fourth-order valence-corrected chi connectivity index (χ4v) is 5.53. The summed E-state index contributed by atoms with van der Waals surface area (Å²) in [5.74, 6) is -4.04. The lowest BCUT2D eigenvalue weighted by Gasteiger charge is -2.38. The largest absolute Gasteiger partial charge is 0.453 e. The maximum absolute atomic E-state index is 14.3. The predicted octanol–water partition coefficient (Wildman–Crippen LogP) is 1.41. The van der Waals surface area contributed by atoms with Crippen LogP contribution in [-0.4, -0.2) is 96.2 Å². The van der Waals surface area contributed by atoms with E-state index in [0.717, 1.165) is 12.8 Å². The van der Waals surface area contributed by atoms with Gasteiger partial charge < -0.3 is 36.2 Å². The number of alkyl carbamates (subject to hydrolysis) is 1. The van der Waals surface area contributed by atoms with E-state index in [-0.39, 0.29) is 30.8 Å². The number of carbonyl (C=O) groups is 7. The Hall–Kier alpha value is -3.71. The lowest BCUT2D eigenvalue weighted by molar-refractivity contribution is -0.146. The summed E-state index contributed by atoms with van der Waals surface area (Å²) in [5, 5.41) is 13.3. The van der Waals surface area contributed by atoms with Crippen LogP contribution < -0.4 is 26.6 Å². The van der Waals surface area contributed by atoms with Gasteiger partial charge in [0, 0.05) is 12.6 Å². The first-order valence-corrected chi connectivity index (χ1v) is 16.5. The van der Waals surface area contributed by atoms with Gasteiger partial charge in [-0.05, 0) is 48.9 Å². The molecule has 1 saturated heterocycles. The molecule has 14 heteroatoms. The first kappa shape index (κ1) is 39.5. The number of nitrogens with one attached hydrogen (secondary N) is 5. The quantitative estimate of drug-likeness (QED) is 0.183. The molecule has 1 aliphatic heterocycles. The van der Waals surface area contributed by atoms with Crippen LogP contribution in [0, 0.1) is 22.7 Å². The van der Waals surface area contributed by atoms with Gasteiger partial charge >= 0.3 is 6.09 Å². The zero-order valence-electron chi connectivity index (χ0n) is 29.9. The van der Waals surface area contributed by atoms with E-state index in [0.29, 0.717) is 6.42 Å². The third kappa shape index (κ3) is 10.6. The van der Waals surface area contributed by atoms with Gasteiger partial charge in [0.2, 0.25) is 29.4 Å². The molecule has 7 atom stereocenters. The number of Topliss-reactive ketones (excluding diaryl/α,β-unsaturated/α-hetero) is 1. The van der Waals surface area contributed by atoms with Crippen LogP contribution in [-0.2, 0) is 33.5 Å². The monoisotopic (exact) mass is 664 g/mol. The van der Waals surface area contributed by atoms with Crippen molar-refractivity contribution in [3.63, 3.8) is 0 Å². The number of likely N-dealkylation sites (tertiary alicyclic amines) is 1. The van der Waals surface area contributed by atoms with Crippen molar-refractivity contribution < 1.29 is 38.3 Å². The highest BCUT2D eigenvalue weighted by atomic mass is 16.5. The number of nitrogens with zero attached hydrogens (tertiary/aromatic N) is 1. The van der Waals surface area contributed by atoms with Crippen LogP contribution in [0.4, 0.5) is 4.79 Å². The van der Waals surface area contributed by atoms with Gasteiger partial charge in [0.25, 0.3) is 5.91 Å². The fourth-order valence-electron chi connectivity index (χ4n) is 5.53. The molecule has 1 heterocycles. The summed E-state index contributed by atoms with van der Waals surface area (Å²) >= 11 is 0. The molecule has 0 unspecified atom stereocenters. The molecule has 47 heavy (non-hydrogen) atoms. The Labute approximate surface area is 278 Å². The Bertz CT molecular complexity index is 1200. The van der Waals surface area contributed by atoms with Crippen molar-refractivity contribution in [3.05, 3.63) is 0 Å². The number of amides is 6. The molecule has 1 aliphatic carbocycles. The second kappa shape index (κ2) is 15.9. The van der Waals surface area contributed by atoms with E-state index in [9.17, 15) is 33.6 Å². The van der Waals surface area contributed by atoms with E-state index in [4.69, 9.17) is 0 Å². The molecule has 0 aromatic carbocycles. The van der Waals surface area contributed by atoms with Crippen molar-refractivity contribution in [2.45, 2.75) is 131 Å². The van der Waals surface area contributed by atoms with Crippen molar-refractivity contribution in [1.29, 1.82) is 0 Å². The molecule has 0 spiro atoms. The molecule has 0 radical (unpaired) electrons. The minimum atomic E-state index is -1.09. The van der Waals surface area contributed by atoms with Crippen molar-refractivity contribution in [2.75, 3.05) is 13.7 Å². The van der Waals surface area contributed by atoms with Gasteiger partial charge in [0.05, 0.1) is 13.2 Å². The molecule has 14 nitrogen and oxygen atoms in total. The number of carbonyl (C=O) groups excluding carboxylic acids is 7. The van der Waals surface area contributed by atoms with Crippen LogP contribution in [0.2, 0.25) is 0 Å². The molecule has 2 aliphatic rings. The molecule has 5 N–H and O–H groups in total. The highest BCUT2D eigenvalue weighted by Crippen LogP contribution is 2.33. The van der Waals surface area contributed by atoms with Gasteiger partial charge in [-0.25, -0.2) is 4.79 Å². The smallest absolute Gasteiger partial charge is 0.407 e. The van der Waals surface area contributed by atoms with Crippen LogP contribution in [0.3, 0.4) is 0 Å². The van der Waals surface area contributed by atoms with Crippen molar-refractivity contribution in [1.82, 2.24) is 31.5 Å². The first-order valence-electron chi connectivity index (χ1n) is 16.5. The first-order chi connectivity index (χ1) is 21.6. The standard InChI is InChI=1S/C33H56N6O8/c1-12-13-21(23(40)28(43)35-20-14-15-20)36-27(42)22-18(3)17(2)16-39(22)30(45)25(33(8,9)10)38-29(44)24(32(5,6)7)37-26(41)19(4)34-31(46)47-11/h17-22,24-25H,12-16H2,1-11H3,(H,34,46)(H,35,43)(H,36,42)(H,37,41)(H,38,44)/t17-,18-,19+,21-,22-,24+,25+/m0/s1. The van der Waals surface area contributed by atoms with Gasteiger partial charge in [-0.15, -0.1) is 0 Å². The third-order valence-electron chi connectivity index (χ3n) is 8.84. The molecule has 2 rings (SSSR count). The topological polar surface area (TPSA) is 192 Å². The Morgan fingerprint density at radius 3 is 1.87 bits per heavy atom. The molecule has 0 aromatic heterocycles. The molecule has 0 bridgehead atoms. The number of hydrogen-bond acceptors (Lipinski definition) is 8. The predicted molar refractivity (Wildman–Crippen MR) is 175 cm³/mol. The summed E-state index contributed by atoms with van der Waals surface area (Å²) < 4.78 is 4.55. The van der Waals surface area contributed by atoms with Crippen molar-refractivity contribution >= 4 is 41.4 Å². The fraction of sp³-hybridized carbons (Fsp3) is 0.788. The summed E-state index contributed by atoms with van der Waals surface area (Å²) in [6.07, 6.45) is 1.65. The summed E-state index contributed by atoms with van der Waals surface area (Å²) in [7, 11) is 1.17. The third-order valence-corrected chi connectivity index (χ3v) is 8.84. The lowest BCUT2D eigenvalue weighted by Crippen LogP contribution is -2.63. The minimum absolute atomic E-state index is 0.0103. The molecule has 0 aromatic rings. The number of hydrogen-bond donors (Lipinski definition) is 5. The van der Waals surface area contributed by atoms with E-state index < -0.39 is 82.5 Å². The molecule has 1 saturated carbocycles. The normalized spacial score (nSPS) is 22.2. The van der Waals surface area contributed by atoms with Gasteiger partial charge in [-0.3, -0.25) is 28.8 Å². The molecule has 6 amide bonds. The average Bonchev–Trinajstić information content (AvgIpc) is 3.73. The second-order valence-electron chi connectivity index (χ2n) is 15.2. The van der Waals surface area contributed by atoms with E-state index in [2.05, 4.69) is 31.3 Å². The highest BCUT2D eigenvalue weighted by molar-refractivity contribution is 6.38. The lowest BCUT2D eigenvalue weighted by atomic mass is 9.82. The van der Waals surface area contributed by atoms with Gasteiger partial charge in [0.15, 0.2) is 0 Å². The molecule has 2 fully saturated rings. The van der Waals surface area contributed by atoms with Gasteiger partial charge in [0.1, 0.15) is 24.2 Å². The zero-order chi connectivity index (χ0) is 36.0. The summed E-state index contributed by atoms with van der Waals surface area (Å²) in [6.45, 7) is 18.0. The second-order valence-corrected chi connectivity index (χ2v) is 15.2. The van der Waals surface area contributed by atoms with Crippen LogP contribution in [0.5, 0.6) is 0 Å². The summed E-state index contributed by atoms with van der Waals surface area (Å²) in [6, 6.07) is -5.17. The van der Waals surface area contributed by atoms with Gasteiger partial charge in [-0.2, -0.15) is 0 Å². The van der Waals surface area contributed by atoms with E-state index in [1.165, 1.54) is 18.9 Å². The SMILES string of the molecule is CCC[C@H](NC(=O)[C@@H]1[C@@H](C)[C@@H](C)CN1C(=O)[C@@H](NC(=O)[C@@H](NC(=O)[C@@H](C)NC(=O)OC)C(C)(C)C)C(C)(C)C)C(=O)C(=O)NC1CC1. The van der Waals surface area contributed by atoms with Crippen molar-refractivity contribution in [3.8, 4) is 0 Å². The van der Waals surface area contributed by atoms with E-state index in [1.807, 2.05) is 20.8 Å². The van der Waals surface area contributed by atoms with Crippen LogP contribution in [0.1, 0.15) is 94.9 Å². The highest BCUT2D eigenvalue weighted by Gasteiger charge is 2.49. The maximum Gasteiger partial charge on any atom is 0.407 e. The Kier molecular flexibility index (Phi) is 13.4. The Balaban J connectivity index is 2.32. The summed E-state index contributed by atoms with van der Waals surface area (Å²) in [4.78, 5) is 93.5. The van der Waals surface area contributed by atoms with Gasteiger partial charge in [-0.1, -0.05) is 68.7 Å².